The number of rotatable bonds is 0. The largest absolute Gasteiger partial charge is 0.358 e. The summed E-state index contributed by atoms with van der Waals surface area (Å²) < 4.78 is 0. The maximum absolute atomic E-state index is 3.31. The number of fused-ring (bicyclic) bond motifs is 1. The van der Waals surface area contributed by atoms with E-state index in [2.05, 4.69) is 45.1 Å². The molecule has 1 heteroatoms. The second-order valence-corrected chi connectivity index (χ2v) is 4.56. The minimum atomic E-state index is 0. The fourth-order valence-corrected chi connectivity index (χ4v) is 1.99. The Balaban J connectivity index is -0.0000000450. The van der Waals surface area contributed by atoms with E-state index in [-0.39, 0.29) is 77.8 Å². The molecule has 2 aromatic rings. The van der Waals surface area contributed by atoms with Gasteiger partial charge in [-0.3, -0.25) is 6.08 Å². The molecule has 0 radical (unpaired) electrons. The van der Waals surface area contributed by atoms with Gasteiger partial charge in [0.2, 0.25) is 0 Å². The van der Waals surface area contributed by atoms with Crippen LogP contribution in [0, 0.1) is 71.9 Å². The van der Waals surface area contributed by atoms with Crippen LogP contribution in [0.15, 0.2) is 42.5 Å². The van der Waals surface area contributed by atoms with Crippen molar-refractivity contribution in [3.63, 3.8) is 0 Å². The van der Waals surface area contributed by atoms with Crippen LogP contribution in [0.2, 0.25) is 0 Å². The van der Waals surface area contributed by atoms with Crippen LogP contribution >= 0.6 is 0 Å². The predicted molar refractivity (Wildman–Crippen MR) is 119 cm³/mol. The van der Waals surface area contributed by atoms with Crippen molar-refractivity contribution >= 4 is 6.08 Å². The van der Waals surface area contributed by atoms with Crippen molar-refractivity contribution in [2.75, 3.05) is 0 Å². The summed E-state index contributed by atoms with van der Waals surface area (Å²) in [5.41, 5.74) is 5.54. The topological polar surface area (TPSA) is 0 Å². The maximum atomic E-state index is 3.31. The Morgan fingerprint density at radius 1 is 0.800 bits per heavy atom. The van der Waals surface area contributed by atoms with Crippen molar-refractivity contribution in [2.24, 2.45) is 0 Å². The molecule has 0 bridgehead atoms. The fourth-order valence-electron chi connectivity index (χ4n) is 1.99. The molecule has 0 aliphatic heterocycles. The van der Waals surface area contributed by atoms with E-state index < -0.39 is 0 Å². The molecule has 2 aromatic carbocycles. The number of hydrogen-bond acceptors (Lipinski definition) is 0. The van der Waals surface area contributed by atoms with Crippen molar-refractivity contribution in [1.29, 1.82) is 0 Å². The number of benzene rings is 1. The van der Waals surface area contributed by atoms with Gasteiger partial charge in [0.1, 0.15) is 0 Å². The van der Waals surface area contributed by atoms with E-state index in [0.717, 1.165) is 0 Å². The monoisotopic (exact) mass is 507 g/mol. The predicted octanol–water partition coefficient (Wildman–Crippen LogP) is 7.79. The number of aryl methyl sites for hydroxylation is 2. The van der Waals surface area contributed by atoms with Crippen LogP contribution in [-0.2, 0) is 25.8 Å². The summed E-state index contributed by atoms with van der Waals surface area (Å²) in [5.74, 6) is 0.485. The maximum Gasteiger partial charge on any atom is 0 e. The van der Waals surface area contributed by atoms with Crippen molar-refractivity contribution in [2.45, 2.75) is 26.7 Å². The molecule has 25 heavy (non-hydrogen) atoms. The van der Waals surface area contributed by atoms with Gasteiger partial charge in [-0.15, -0.1) is 11.6 Å². The van der Waals surface area contributed by atoms with Gasteiger partial charge in [0.05, 0.1) is 0 Å². The third-order valence-electron chi connectivity index (χ3n) is 3.21. The Morgan fingerprint density at radius 3 is 1.64 bits per heavy atom. The first-order valence-corrected chi connectivity index (χ1v) is 6.05. The smallest absolute Gasteiger partial charge is 0 e. The summed E-state index contributed by atoms with van der Waals surface area (Å²) in [5, 5.41) is 0. The Labute approximate surface area is 180 Å². The number of hydrogen-bond donors (Lipinski definition) is 0. The van der Waals surface area contributed by atoms with E-state index in [4.69, 9.17) is 0 Å². The molecule has 0 aromatic heterocycles. The van der Waals surface area contributed by atoms with Crippen LogP contribution in [-0.4, -0.2) is 0 Å². The Hall–Kier alpha value is -0.820. The molecule has 1 aliphatic rings. The first kappa shape index (κ1) is 44.0. The van der Waals surface area contributed by atoms with Gasteiger partial charge < -0.3 is 52.0 Å². The molecular weight excluding hydrogens is 467 g/mol. The van der Waals surface area contributed by atoms with E-state index in [1.807, 2.05) is 30.3 Å². The van der Waals surface area contributed by atoms with E-state index >= 15 is 0 Å². The molecule has 0 heterocycles. The second kappa shape index (κ2) is 21.2. The molecule has 0 saturated heterocycles. The third kappa shape index (κ3) is 12.2. The zero-order chi connectivity index (χ0) is 12.3. The van der Waals surface area contributed by atoms with Gasteiger partial charge in [-0.25, -0.2) is 18.2 Å². The average molecular weight is 506 g/mol. The molecular formula is C24H39Hf-9. The first-order chi connectivity index (χ1) is 8.18. The zero-order valence-corrected chi connectivity index (χ0v) is 21.8. The summed E-state index contributed by atoms with van der Waals surface area (Å²) in [7, 11) is 0. The Kier molecular flexibility index (Phi) is 37.4. The third-order valence-corrected chi connectivity index (χ3v) is 3.21. The summed E-state index contributed by atoms with van der Waals surface area (Å²) in [6.07, 6.45) is 5.42. The summed E-state index contributed by atoms with van der Waals surface area (Å²) >= 11 is 0. The Bertz CT molecular complexity index is 490. The molecule has 1 aliphatic carbocycles. The van der Waals surface area contributed by atoms with Gasteiger partial charge in [0.25, 0.3) is 0 Å². The van der Waals surface area contributed by atoms with Gasteiger partial charge in [0, 0.05) is 25.8 Å². The van der Waals surface area contributed by atoms with Gasteiger partial charge in [0.15, 0.2) is 0 Å². The van der Waals surface area contributed by atoms with E-state index in [0.29, 0.717) is 5.92 Å². The number of allylic oxidation sites excluding steroid dienone is 1. The SMILES string of the molecule is Cc1cc2c(cc1C)C(C)[C-]=C2.[CH3-].[CH3-].[CH3-].[CH3-].[CH3-].[CH3-].[CH3-].[Hf].c1cc[cH-]c1. The summed E-state index contributed by atoms with van der Waals surface area (Å²) in [6.45, 7) is 6.52. The minimum absolute atomic E-state index is 0. The molecule has 3 rings (SSSR count). The molecule has 0 N–H and O–H groups in total. The van der Waals surface area contributed by atoms with Crippen LogP contribution in [0.25, 0.3) is 6.08 Å². The van der Waals surface area contributed by atoms with Crippen molar-refractivity contribution < 1.29 is 25.8 Å². The molecule has 0 nitrogen and oxygen atoms in total. The summed E-state index contributed by atoms with van der Waals surface area (Å²) in [6, 6.07) is 14.5. The van der Waals surface area contributed by atoms with E-state index in [9.17, 15) is 0 Å². The van der Waals surface area contributed by atoms with Gasteiger partial charge in [-0.2, -0.15) is 23.8 Å². The van der Waals surface area contributed by atoms with Crippen molar-refractivity contribution in [3.05, 3.63) is 123 Å². The van der Waals surface area contributed by atoms with Crippen LogP contribution in [0.5, 0.6) is 0 Å². The van der Waals surface area contributed by atoms with Gasteiger partial charge in [-0.05, 0) is 13.8 Å². The standard InChI is InChI=1S/C12H13.C5H5.7CH3.Hf/c1-8-4-5-11-6-9(2)10(3)7-12(8)11;1-2-4-5-3-1;;;;;;;;/h5-8H,1-3H3;1-5H;7*1H3;/q9*-1;. The van der Waals surface area contributed by atoms with Crippen molar-refractivity contribution in [3.8, 4) is 0 Å². The quantitative estimate of drug-likeness (QED) is 0.253. The molecule has 148 valence electrons. The van der Waals surface area contributed by atoms with Gasteiger partial charge >= 0.3 is 0 Å². The van der Waals surface area contributed by atoms with Crippen LogP contribution < -0.4 is 0 Å². The molecule has 0 fully saturated rings. The fraction of sp³-hybridized carbons (Fsp3) is 0.167. The van der Waals surface area contributed by atoms with Crippen LogP contribution in [0.4, 0.5) is 0 Å². The van der Waals surface area contributed by atoms with Crippen molar-refractivity contribution in [1.82, 2.24) is 0 Å². The normalized spacial score (nSPS) is 11.1. The van der Waals surface area contributed by atoms with Gasteiger partial charge in [-0.1, -0.05) is 30.0 Å². The molecule has 1 atom stereocenters. The minimum Gasteiger partial charge on any atom is -0.358 e. The van der Waals surface area contributed by atoms with Crippen LogP contribution in [0.1, 0.15) is 35.1 Å². The van der Waals surface area contributed by atoms with E-state index in [1.54, 1.807) is 0 Å². The zero-order valence-electron chi connectivity index (χ0n) is 18.2. The average Bonchev–Trinajstić information content (AvgIpc) is 2.96. The molecule has 0 saturated carbocycles. The summed E-state index contributed by atoms with van der Waals surface area (Å²) in [4.78, 5) is 0. The molecule has 0 amide bonds. The van der Waals surface area contributed by atoms with E-state index in [1.165, 1.54) is 22.3 Å². The first-order valence-electron chi connectivity index (χ1n) is 6.05. The molecule has 0 spiro atoms. The van der Waals surface area contributed by atoms with Crippen LogP contribution in [0.3, 0.4) is 0 Å². The second-order valence-electron chi connectivity index (χ2n) is 4.56. The Morgan fingerprint density at radius 2 is 1.24 bits per heavy atom. The molecule has 1 unspecified atom stereocenters.